The number of benzene rings is 3. The van der Waals surface area contributed by atoms with E-state index in [-0.39, 0.29) is 6.42 Å². The summed E-state index contributed by atoms with van der Waals surface area (Å²) in [6.07, 6.45) is -1.20. The zero-order chi connectivity index (χ0) is 21.3. The molecule has 6 heteroatoms. The van der Waals surface area contributed by atoms with Gasteiger partial charge in [0.25, 0.3) is 5.91 Å². The highest BCUT2D eigenvalue weighted by Crippen LogP contribution is 2.17. The number of carbonyl (C=O) groups is 2. The highest BCUT2D eigenvalue weighted by Gasteiger charge is 2.24. The maximum atomic E-state index is 12.4. The van der Waals surface area contributed by atoms with Crippen LogP contribution in [0, 0.1) is 0 Å². The van der Waals surface area contributed by atoms with Crippen molar-refractivity contribution in [2.75, 3.05) is 0 Å². The Labute approximate surface area is 175 Å². The zero-order valence-corrected chi connectivity index (χ0v) is 16.4. The van der Waals surface area contributed by atoms with Crippen molar-refractivity contribution in [2.45, 2.75) is 25.2 Å². The summed E-state index contributed by atoms with van der Waals surface area (Å²) in [7, 11) is 0. The molecule has 0 aliphatic rings. The van der Waals surface area contributed by atoms with Crippen LogP contribution in [0.4, 0.5) is 0 Å². The summed E-state index contributed by atoms with van der Waals surface area (Å²) in [6.45, 7) is 0.420. The predicted octanol–water partition coefficient (Wildman–Crippen LogP) is 2.51. The number of aliphatic hydroxyl groups is 1. The van der Waals surface area contributed by atoms with E-state index in [0.717, 1.165) is 11.1 Å². The molecule has 0 unspecified atom stereocenters. The van der Waals surface area contributed by atoms with E-state index in [1.165, 1.54) is 0 Å². The zero-order valence-electron chi connectivity index (χ0n) is 16.4. The molecule has 3 aromatic rings. The Morgan fingerprint density at radius 2 is 1.53 bits per heavy atom. The standard InChI is InChI=1S/C24H24N2O4/c25-23(28)21(26-24(29)22(27)19-11-5-2-6-12-19)15-18-10-7-13-20(14-18)30-16-17-8-3-1-4-9-17/h1-14,21-22,27H,15-16H2,(H2,25,28)(H,26,29)/t21-,22+/m1/s1. The molecule has 0 heterocycles. The van der Waals surface area contributed by atoms with Gasteiger partial charge in [0.2, 0.25) is 5.91 Å². The number of primary amides is 1. The van der Waals surface area contributed by atoms with Crippen molar-refractivity contribution in [1.29, 1.82) is 0 Å². The molecule has 0 bridgehead atoms. The molecule has 2 amide bonds. The van der Waals surface area contributed by atoms with Crippen molar-refractivity contribution < 1.29 is 19.4 Å². The van der Waals surface area contributed by atoms with Gasteiger partial charge in [-0.25, -0.2) is 0 Å². The average Bonchev–Trinajstić information content (AvgIpc) is 2.78. The van der Waals surface area contributed by atoms with E-state index in [1.54, 1.807) is 36.4 Å². The molecule has 3 aromatic carbocycles. The van der Waals surface area contributed by atoms with Gasteiger partial charge in [0, 0.05) is 6.42 Å². The number of amides is 2. The van der Waals surface area contributed by atoms with Crippen molar-refractivity contribution in [3.8, 4) is 5.75 Å². The van der Waals surface area contributed by atoms with Crippen LogP contribution in [0.5, 0.6) is 5.75 Å². The first-order valence-corrected chi connectivity index (χ1v) is 9.61. The summed E-state index contributed by atoms with van der Waals surface area (Å²) >= 11 is 0. The van der Waals surface area contributed by atoms with Crippen LogP contribution in [-0.4, -0.2) is 23.0 Å². The third-order valence-electron chi connectivity index (χ3n) is 4.61. The van der Waals surface area contributed by atoms with Gasteiger partial charge in [0.05, 0.1) is 0 Å². The van der Waals surface area contributed by atoms with Gasteiger partial charge in [-0.2, -0.15) is 0 Å². The van der Waals surface area contributed by atoms with E-state index in [4.69, 9.17) is 10.5 Å². The summed E-state index contributed by atoms with van der Waals surface area (Å²) < 4.78 is 5.81. The lowest BCUT2D eigenvalue weighted by molar-refractivity contribution is -0.133. The van der Waals surface area contributed by atoms with Gasteiger partial charge in [0.15, 0.2) is 6.10 Å². The van der Waals surface area contributed by atoms with Gasteiger partial charge in [-0.15, -0.1) is 0 Å². The molecule has 0 aliphatic heterocycles. The van der Waals surface area contributed by atoms with Crippen LogP contribution >= 0.6 is 0 Å². The van der Waals surface area contributed by atoms with Crippen molar-refractivity contribution in [3.05, 3.63) is 102 Å². The Morgan fingerprint density at radius 1 is 0.900 bits per heavy atom. The van der Waals surface area contributed by atoms with Crippen LogP contribution in [0.1, 0.15) is 22.8 Å². The summed E-state index contributed by atoms with van der Waals surface area (Å²) in [6, 6.07) is 24.6. The molecule has 6 nitrogen and oxygen atoms in total. The normalized spacial score (nSPS) is 12.6. The maximum Gasteiger partial charge on any atom is 0.254 e. The average molecular weight is 404 g/mol. The van der Waals surface area contributed by atoms with E-state index in [2.05, 4.69) is 5.32 Å². The molecule has 0 radical (unpaired) electrons. The molecule has 0 saturated carbocycles. The van der Waals surface area contributed by atoms with E-state index in [0.29, 0.717) is 17.9 Å². The van der Waals surface area contributed by atoms with Crippen LogP contribution in [-0.2, 0) is 22.6 Å². The van der Waals surface area contributed by atoms with E-state index in [1.807, 2.05) is 48.5 Å². The fourth-order valence-electron chi connectivity index (χ4n) is 3.00. The first kappa shape index (κ1) is 21.1. The van der Waals surface area contributed by atoms with Crippen molar-refractivity contribution in [3.63, 3.8) is 0 Å². The largest absolute Gasteiger partial charge is 0.489 e. The first-order chi connectivity index (χ1) is 14.5. The monoisotopic (exact) mass is 404 g/mol. The molecule has 0 aliphatic carbocycles. The molecular weight excluding hydrogens is 380 g/mol. The minimum atomic E-state index is -1.38. The summed E-state index contributed by atoms with van der Waals surface area (Å²) in [5, 5.41) is 12.8. The lowest BCUT2D eigenvalue weighted by atomic mass is 10.0. The smallest absolute Gasteiger partial charge is 0.254 e. The van der Waals surface area contributed by atoms with E-state index in [9.17, 15) is 14.7 Å². The Bertz CT molecular complexity index is 977. The van der Waals surface area contributed by atoms with Gasteiger partial charge >= 0.3 is 0 Å². The number of nitrogens with one attached hydrogen (secondary N) is 1. The Hall–Kier alpha value is -3.64. The highest BCUT2D eigenvalue weighted by molar-refractivity contribution is 5.89. The van der Waals surface area contributed by atoms with E-state index >= 15 is 0 Å². The molecule has 3 rings (SSSR count). The Morgan fingerprint density at radius 3 is 2.20 bits per heavy atom. The molecule has 0 spiro atoms. The number of carbonyl (C=O) groups excluding carboxylic acids is 2. The fourth-order valence-corrected chi connectivity index (χ4v) is 3.00. The molecule has 0 aromatic heterocycles. The Kier molecular flexibility index (Phi) is 7.19. The van der Waals surface area contributed by atoms with Gasteiger partial charge in [-0.05, 0) is 28.8 Å². The van der Waals surface area contributed by atoms with E-state index < -0.39 is 24.0 Å². The van der Waals surface area contributed by atoms with Gasteiger partial charge in [0.1, 0.15) is 18.4 Å². The van der Waals surface area contributed by atoms with Gasteiger partial charge in [-0.1, -0.05) is 72.8 Å². The summed E-state index contributed by atoms with van der Waals surface area (Å²) in [5.74, 6) is -0.712. The minimum Gasteiger partial charge on any atom is -0.489 e. The topological polar surface area (TPSA) is 102 Å². The van der Waals surface area contributed by atoms with Gasteiger partial charge in [-0.3, -0.25) is 9.59 Å². The number of nitrogens with two attached hydrogens (primary N) is 1. The quantitative estimate of drug-likeness (QED) is 0.510. The third kappa shape index (κ3) is 5.93. The van der Waals surface area contributed by atoms with Gasteiger partial charge < -0.3 is 20.9 Å². The molecule has 2 atom stereocenters. The van der Waals surface area contributed by atoms with Crippen LogP contribution in [0.2, 0.25) is 0 Å². The highest BCUT2D eigenvalue weighted by atomic mass is 16.5. The second kappa shape index (κ2) is 10.2. The van der Waals surface area contributed by atoms with Crippen LogP contribution in [0.25, 0.3) is 0 Å². The number of rotatable bonds is 9. The first-order valence-electron chi connectivity index (χ1n) is 9.61. The van der Waals surface area contributed by atoms with Crippen LogP contribution in [0.3, 0.4) is 0 Å². The predicted molar refractivity (Wildman–Crippen MR) is 113 cm³/mol. The molecule has 30 heavy (non-hydrogen) atoms. The number of hydrogen-bond acceptors (Lipinski definition) is 4. The minimum absolute atomic E-state index is 0.186. The lowest BCUT2D eigenvalue weighted by Crippen LogP contribution is -2.47. The molecule has 4 N–H and O–H groups in total. The fraction of sp³-hybridized carbons (Fsp3) is 0.167. The Balaban J connectivity index is 1.63. The molecule has 154 valence electrons. The molecule has 0 fully saturated rings. The maximum absolute atomic E-state index is 12.4. The van der Waals surface area contributed by atoms with Crippen molar-refractivity contribution in [1.82, 2.24) is 5.32 Å². The third-order valence-corrected chi connectivity index (χ3v) is 4.61. The summed E-state index contributed by atoms with van der Waals surface area (Å²) in [5.41, 5.74) is 7.74. The van der Waals surface area contributed by atoms with Crippen molar-refractivity contribution in [2.24, 2.45) is 5.73 Å². The van der Waals surface area contributed by atoms with Crippen LogP contribution < -0.4 is 15.8 Å². The summed E-state index contributed by atoms with van der Waals surface area (Å²) in [4.78, 5) is 24.3. The van der Waals surface area contributed by atoms with Crippen molar-refractivity contribution >= 4 is 11.8 Å². The van der Waals surface area contributed by atoms with Crippen LogP contribution in [0.15, 0.2) is 84.9 Å². The number of hydrogen-bond donors (Lipinski definition) is 3. The number of aliphatic hydroxyl groups excluding tert-OH is 1. The SMILES string of the molecule is NC(=O)[C@@H](Cc1cccc(OCc2ccccc2)c1)NC(=O)[C@@H](O)c1ccccc1. The molecular formula is C24H24N2O4. The molecule has 0 saturated heterocycles. The lowest BCUT2D eigenvalue weighted by Gasteiger charge is -2.19. The number of ether oxygens (including phenoxy) is 1. The second-order valence-corrected chi connectivity index (χ2v) is 6.90. The second-order valence-electron chi connectivity index (χ2n) is 6.90.